The number of hydrogen-bond donors (Lipinski definition) is 1. The van der Waals surface area contributed by atoms with Gasteiger partial charge in [-0.15, -0.1) is 0 Å². The van der Waals surface area contributed by atoms with Crippen LogP contribution in [-0.2, 0) is 0 Å². The Balaban J connectivity index is 2.23. The van der Waals surface area contributed by atoms with Gasteiger partial charge in [0.25, 0.3) is 5.69 Å². The van der Waals surface area contributed by atoms with E-state index in [-0.39, 0.29) is 17.2 Å². The lowest BCUT2D eigenvalue weighted by Crippen LogP contribution is -2.63. The molecule has 5 nitrogen and oxygen atoms in total. The van der Waals surface area contributed by atoms with Gasteiger partial charge in [-0.3, -0.25) is 10.1 Å². The van der Waals surface area contributed by atoms with Gasteiger partial charge < -0.3 is 10.1 Å². The van der Waals surface area contributed by atoms with Gasteiger partial charge in [0.05, 0.1) is 4.92 Å². The van der Waals surface area contributed by atoms with Crippen molar-refractivity contribution < 1.29 is 9.66 Å². The first kappa shape index (κ1) is 16.2. The highest BCUT2D eigenvalue weighted by molar-refractivity contribution is 9.10. The van der Waals surface area contributed by atoms with Crippen molar-refractivity contribution in [3.8, 4) is 5.75 Å². The first-order valence-electron chi connectivity index (χ1n) is 7.27. The quantitative estimate of drug-likeness (QED) is 0.619. The Labute approximate surface area is 133 Å². The molecule has 0 amide bonds. The summed E-state index contributed by atoms with van der Waals surface area (Å²) < 4.78 is 6.53. The fraction of sp³-hybridized carbons (Fsp3) is 0.600. The minimum atomic E-state index is -0.402. The minimum absolute atomic E-state index is 0.0376. The van der Waals surface area contributed by atoms with Crippen LogP contribution in [0.15, 0.2) is 22.7 Å². The zero-order valence-electron chi connectivity index (χ0n) is 12.6. The molecule has 2 atom stereocenters. The van der Waals surface area contributed by atoms with Crippen LogP contribution in [0.2, 0.25) is 0 Å². The Morgan fingerprint density at radius 2 is 2.14 bits per heavy atom. The molecule has 116 valence electrons. The molecular formula is C15H21BrN2O3. The van der Waals surface area contributed by atoms with Gasteiger partial charge in [-0.25, -0.2) is 0 Å². The Hall–Kier alpha value is -1.14. The Morgan fingerprint density at radius 3 is 2.67 bits per heavy atom. The molecule has 1 fully saturated rings. The third-order valence-corrected chi connectivity index (χ3v) is 5.66. The molecule has 6 heteroatoms. The zero-order valence-corrected chi connectivity index (χ0v) is 14.1. The average Bonchev–Trinajstić information content (AvgIpc) is 2.45. The van der Waals surface area contributed by atoms with E-state index in [0.29, 0.717) is 16.3 Å². The van der Waals surface area contributed by atoms with Crippen LogP contribution in [-0.4, -0.2) is 24.1 Å². The normalized spacial score (nSPS) is 23.4. The van der Waals surface area contributed by atoms with Crippen LogP contribution in [0.5, 0.6) is 5.75 Å². The average molecular weight is 357 g/mol. The lowest BCUT2D eigenvalue weighted by atomic mass is 9.58. The molecule has 1 aliphatic carbocycles. The smallest absolute Gasteiger partial charge is 0.287 e. The molecule has 2 unspecified atom stereocenters. The molecule has 1 saturated carbocycles. The summed E-state index contributed by atoms with van der Waals surface area (Å²) in [5.74, 6) is 0.551. The monoisotopic (exact) mass is 356 g/mol. The number of halogens is 1. The van der Waals surface area contributed by atoms with Gasteiger partial charge in [0.1, 0.15) is 16.3 Å². The van der Waals surface area contributed by atoms with E-state index in [9.17, 15) is 10.1 Å². The molecule has 1 N–H and O–H groups in total. The Kier molecular flexibility index (Phi) is 4.88. The number of nitro benzene ring substituents is 1. The highest BCUT2D eigenvalue weighted by Gasteiger charge is 2.53. The van der Waals surface area contributed by atoms with Crippen LogP contribution < -0.4 is 10.1 Å². The van der Waals surface area contributed by atoms with Crippen LogP contribution in [0.25, 0.3) is 0 Å². The largest absolute Gasteiger partial charge is 0.488 e. The topological polar surface area (TPSA) is 64.4 Å². The maximum atomic E-state index is 11.0. The van der Waals surface area contributed by atoms with Gasteiger partial charge in [0.2, 0.25) is 0 Å². The van der Waals surface area contributed by atoms with Gasteiger partial charge >= 0.3 is 0 Å². The summed E-state index contributed by atoms with van der Waals surface area (Å²) in [5.41, 5.74) is 0.134. The maximum absolute atomic E-state index is 11.0. The van der Waals surface area contributed by atoms with Crippen LogP contribution in [0.4, 0.5) is 5.69 Å². The number of hydrogen-bond acceptors (Lipinski definition) is 4. The predicted molar refractivity (Wildman–Crippen MR) is 85.7 cm³/mol. The Bertz CT molecular complexity index is 532. The van der Waals surface area contributed by atoms with Crippen molar-refractivity contribution in [3.05, 3.63) is 32.8 Å². The highest BCUT2D eigenvalue weighted by Crippen LogP contribution is 2.49. The molecule has 0 bridgehead atoms. The predicted octanol–water partition coefficient (Wildman–Crippen LogP) is 3.90. The molecular weight excluding hydrogens is 336 g/mol. The maximum Gasteiger partial charge on any atom is 0.287 e. The molecule has 2 rings (SSSR count). The summed E-state index contributed by atoms with van der Waals surface area (Å²) in [5, 5.41) is 14.3. The second kappa shape index (κ2) is 6.32. The number of nitrogens with zero attached hydrogens (tertiary/aromatic N) is 1. The summed E-state index contributed by atoms with van der Waals surface area (Å²) in [6.45, 7) is 4.34. The molecule has 0 aliphatic heterocycles. The second-order valence-electron chi connectivity index (χ2n) is 5.47. The summed E-state index contributed by atoms with van der Waals surface area (Å²) in [7, 11) is 1.98. The van der Waals surface area contributed by atoms with Gasteiger partial charge in [-0.05, 0) is 41.9 Å². The molecule has 1 aromatic carbocycles. The van der Waals surface area contributed by atoms with Crippen molar-refractivity contribution in [1.29, 1.82) is 0 Å². The van der Waals surface area contributed by atoms with E-state index in [1.165, 1.54) is 6.07 Å². The van der Waals surface area contributed by atoms with E-state index in [1.54, 1.807) is 12.1 Å². The summed E-state index contributed by atoms with van der Waals surface area (Å²) in [4.78, 5) is 10.6. The van der Waals surface area contributed by atoms with E-state index >= 15 is 0 Å². The number of nitro groups is 1. The van der Waals surface area contributed by atoms with Crippen LogP contribution in [0.1, 0.15) is 33.1 Å². The summed E-state index contributed by atoms with van der Waals surface area (Å²) in [6, 6.07) is 5.35. The number of nitrogens with one attached hydrogen (secondary N) is 1. The SMILES string of the molecule is CCC1(CC)C(NC)CC1Oc1cccc([N+](=O)[O-])c1Br. The van der Waals surface area contributed by atoms with Crippen molar-refractivity contribution in [3.63, 3.8) is 0 Å². The van der Waals surface area contributed by atoms with Gasteiger partial charge in [0.15, 0.2) is 0 Å². The third kappa shape index (κ3) is 2.66. The molecule has 21 heavy (non-hydrogen) atoms. The summed E-state index contributed by atoms with van der Waals surface area (Å²) in [6.07, 6.45) is 3.05. The molecule has 0 heterocycles. The second-order valence-corrected chi connectivity index (χ2v) is 6.26. The zero-order chi connectivity index (χ0) is 15.6. The molecule has 1 aromatic rings. The van der Waals surface area contributed by atoms with E-state index in [0.717, 1.165) is 19.3 Å². The van der Waals surface area contributed by atoms with Gasteiger partial charge in [-0.1, -0.05) is 19.9 Å². The third-order valence-electron chi connectivity index (χ3n) is 4.86. The summed E-state index contributed by atoms with van der Waals surface area (Å²) >= 11 is 3.29. The standard InChI is InChI=1S/C15H21BrN2O3/c1-4-15(5-2)12(17-3)9-13(15)21-11-8-6-7-10(14(11)16)18(19)20/h6-8,12-13,17H,4-5,9H2,1-3H3. The number of benzene rings is 1. The van der Waals surface area contributed by atoms with Crippen molar-refractivity contribution in [2.45, 2.75) is 45.3 Å². The van der Waals surface area contributed by atoms with E-state index in [1.807, 2.05) is 7.05 Å². The van der Waals surface area contributed by atoms with Crippen molar-refractivity contribution in [2.24, 2.45) is 5.41 Å². The molecule has 0 spiro atoms. The van der Waals surface area contributed by atoms with Gasteiger partial charge in [-0.2, -0.15) is 0 Å². The minimum Gasteiger partial charge on any atom is -0.488 e. The lowest BCUT2D eigenvalue weighted by molar-refractivity contribution is -0.385. The van der Waals surface area contributed by atoms with Crippen LogP contribution in [0.3, 0.4) is 0 Å². The highest BCUT2D eigenvalue weighted by atomic mass is 79.9. The molecule has 0 radical (unpaired) electrons. The molecule has 1 aliphatic rings. The fourth-order valence-electron chi connectivity index (χ4n) is 3.40. The Morgan fingerprint density at radius 1 is 1.48 bits per heavy atom. The fourth-order valence-corrected chi connectivity index (χ4v) is 3.90. The van der Waals surface area contributed by atoms with Gasteiger partial charge in [0, 0.05) is 23.9 Å². The molecule has 0 aromatic heterocycles. The van der Waals surface area contributed by atoms with Crippen molar-refractivity contribution in [2.75, 3.05) is 7.05 Å². The number of rotatable bonds is 6. The van der Waals surface area contributed by atoms with Crippen LogP contribution in [0, 0.1) is 15.5 Å². The van der Waals surface area contributed by atoms with E-state index < -0.39 is 4.92 Å². The first-order chi connectivity index (χ1) is 10.00. The molecule has 0 saturated heterocycles. The van der Waals surface area contributed by atoms with Crippen LogP contribution >= 0.6 is 15.9 Å². The number of ether oxygens (including phenoxy) is 1. The van der Waals surface area contributed by atoms with Crippen molar-refractivity contribution >= 4 is 21.6 Å². The van der Waals surface area contributed by atoms with E-state index in [2.05, 4.69) is 35.1 Å². The lowest BCUT2D eigenvalue weighted by Gasteiger charge is -2.55. The van der Waals surface area contributed by atoms with E-state index in [4.69, 9.17) is 4.74 Å². The van der Waals surface area contributed by atoms with Crippen molar-refractivity contribution in [1.82, 2.24) is 5.32 Å². The first-order valence-corrected chi connectivity index (χ1v) is 8.06.